The monoisotopic (exact) mass is 215 g/mol. The van der Waals surface area contributed by atoms with Gasteiger partial charge in [0.1, 0.15) is 0 Å². The number of hydrogen-bond acceptors (Lipinski definition) is 3. The Balaban J connectivity index is 1.93. The summed E-state index contributed by atoms with van der Waals surface area (Å²) >= 11 is 2.10. The average Bonchev–Trinajstić information content (AvgIpc) is 2.71. The van der Waals surface area contributed by atoms with Gasteiger partial charge < -0.3 is 10.4 Å². The maximum absolute atomic E-state index is 9.34. The van der Waals surface area contributed by atoms with E-state index >= 15 is 0 Å². The number of piperidine rings is 1. The van der Waals surface area contributed by atoms with E-state index < -0.39 is 0 Å². The average molecular weight is 215 g/mol. The third kappa shape index (κ3) is 2.26. The largest absolute Gasteiger partial charge is 0.394 e. The van der Waals surface area contributed by atoms with Gasteiger partial charge in [-0.05, 0) is 56.1 Å². The Kier molecular flexibility index (Phi) is 3.40. The lowest BCUT2D eigenvalue weighted by Gasteiger charge is -2.40. The van der Waals surface area contributed by atoms with Crippen LogP contribution in [0.3, 0.4) is 0 Å². The zero-order valence-corrected chi connectivity index (χ0v) is 9.78. The van der Waals surface area contributed by atoms with Crippen LogP contribution in [0.2, 0.25) is 0 Å². The molecule has 0 bridgehead atoms. The Bertz CT molecular complexity index is 194. The molecule has 2 heterocycles. The zero-order chi connectivity index (χ0) is 10.0. The fraction of sp³-hybridized carbons (Fsp3) is 1.00. The first-order chi connectivity index (χ1) is 6.73. The van der Waals surface area contributed by atoms with Gasteiger partial charge in [-0.1, -0.05) is 0 Å². The van der Waals surface area contributed by atoms with Crippen molar-refractivity contribution >= 4 is 11.8 Å². The number of aliphatic hydroxyl groups is 1. The highest BCUT2D eigenvalue weighted by molar-refractivity contribution is 7.99. The summed E-state index contributed by atoms with van der Waals surface area (Å²) in [6.07, 6.45) is 3.87. The molecule has 3 atom stereocenters. The molecular weight excluding hydrogens is 194 g/mol. The lowest BCUT2D eigenvalue weighted by molar-refractivity contribution is 0.102. The van der Waals surface area contributed by atoms with E-state index in [4.69, 9.17) is 0 Å². The quantitative estimate of drug-likeness (QED) is 0.732. The molecule has 0 aromatic heterocycles. The van der Waals surface area contributed by atoms with Crippen molar-refractivity contribution in [3.8, 4) is 0 Å². The van der Waals surface area contributed by atoms with Gasteiger partial charge in [-0.3, -0.25) is 0 Å². The number of aliphatic hydroxyl groups excluding tert-OH is 1. The highest BCUT2D eigenvalue weighted by Crippen LogP contribution is 2.37. The van der Waals surface area contributed by atoms with Crippen LogP contribution in [-0.2, 0) is 0 Å². The molecule has 3 heteroatoms. The van der Waals surface area contributed by atoms with Crippen molar-refractivity contribution in [1.82, 2.24) is 5.32 Å². The molecule has 0 amide bonds. The molecule has 0 aliphatic carbocycles. The van der Waals surface area contributed by atoms with Crippen LogP contribution >= 0.6 is 11.8 Å². The van der Waals surface area contributed by atoms with Crippen molar-refractivity contribution in [2.24, 2.45) is 11.8 Å². The van der Waals surface area contributed by atoms with Crippen LogP contribution in [0, 0.1) is 11.8 Å². The van der Waals surface area contributed by atoms with Crippen LogP contribution in [0.4, 0.5) is 0 Å². The van der Waals surface area contributed by atoms with Crippen molar-refractivity contribution < 1.29 is 5.11 Å². The van der Waals surface area contributed by atoms with Gasteiger partial charge >= 0.3 is 0 Å². The highest BCUT2D eigenvalue weighted by atomic mass is 32.2. The molecule has 0 saturated carbocycles. The summed E-state index contributed by atoms with van der Waals surface area (Å²) < 4.78 is 0. The third-order valence-electron chi connectivity index (χ3n) is 3.76. The maximum atomic E-state index is 9.34. The van der Waals surface area contributed by atoms with Crippen molar-refractivity contribution in [3.05, 3.63) is 0 Å². The molecule has 2 aliphatic heterocycles. The van der Waals surface area contributed by atoms with Crippen LogP contribution in [0.1, 0.15) is 26.2 Å². The van der Waals surface area contributed by atoms with Gasteiger partial charge in [0.05, 0.1) is 6.61 Å². The molecule has 0 spiro atoms. The Morgan fingerprint density at radius 2 is 2.29 bits per heavy atom. The molecule has 3 unspecified atom stereocenters. The minimum atomic E-state index is -0.00380. The fourth-order valence-corrected chi connectivity index (χ4v) is 4.14. The minimum absolute atomic E-state index is 0.00380. The first-order valence-electron chi connectivity index (χ1n) is 5.67. The van der Waals surface area contributed by atoms with Crippen molar-refractivity contribution in [2.75, 3.05) is 24.7 Å². The van der Waals surface area contributed by atoms with Gasteiger partial charge in [0, 0.05) is 5.54 Å². The summed E-state index contributed by atoms with van der Waals surface area (Å²) in [6, 6.07) is 0. The topological polar surface area (TPSA) is 32.3 Å². The van der Waals surface area contributed by atoms with Crippen LogP contribution in [-0.4, -0.2) is 35.3 Å². The van der Waals surface area contributed by atoms with Gasteiger partial charge in [0.2, 0.25) is 0 Å². The van der Waals surface area contributed by atoms with Crippen molar-refractivity contribution in [2.45, 2.75) is 31.7 Å². The number of nitrogens with one attached hydrogen (secondary N) is 1. The molecule has 0 radical (unpaired) electrons. The van der Waals surface area contributed by atoms with Gasteiger partial charge in [-0.25, -0.2) is 0 Å². The molecule has 2 saturated heterocycles. The minimum Gasteiger partial charge on any atom is -0.394 e. The number of hydrogen-bond donors (Lipinski definition) is 2. The molecular formula is C11H21NOS. The zero-order valence-electron chi connectivity index (χ0n) is 8.96. The molecule has 0 aromatic carbocycles. The predicted molar refractivity (Wildman–Crippen MR) is 61.6 cm³/mol. The molecule has 14 heavy (non-hydrogen) atoms. The normalized spacial score (nSPS) is 44.1. The first kappa shape index (κ1) is 10.8. The molecule has 2 fully saturated rings. The predicted octanol–water partition coefficient (Wildman–Crippen LogP) is 1.49. The molecule has 2 nitrogen and oxygen atoms in total. The van der Waals surface area contributed by atoms with Crippen molar-refractivity contribution in [1.29, 1.82) is 0 Å². The van der Waals surface area contributed by atoms with E-state index in [2.05, 4.69) is 24.0 Å². The smallest absolute Gasteiger partial charge is 0.0610 e. The summed E-state index contributed by atoms with van der Waals surface area (Å²) in [6.45, 7) is 3.52. The Labute approximate surface area is 90.8 Å². The second-order valence-corrected chi connectivity index (χ2v) is 6.17. The van der Waals surface area contributed by atoms with Crippen molar-refractivity contribution in [3.63, 3.8) is 0 Å². The van der Waals surface area contributed by atoms with E-state index in [1.165, 1.54) is 24.3 Å². The Morgan fingerprint density at radius 1 is 1.43 bits per heavy atom. The van der Waals surface area contributed by atoms with E-state index in [0.717, 1.165) is 24.8 Å². The van der Waals surface area contributed by atoms with Gasteiger partial charge in [-0.2, -0.15) is 11.8 Å². The van der Waals surface area contributed by atoms with E-state index in [0.29, 0.717) is 0 Å². The number of thioether (sulfide) groups is 1. The summed E-state index contributed by atoms with van der Waals surface area (Å²) in [7, 11) is 0. The van der Waals surface area contributed by atoms with E-state index in [-0.39, 0.29) is 12.1 Å². The Hall–Kier alpha value is 0.270. The van der Waals surface area contributed by atoms with E-state index in [1.807, 2.05) is 0 Å². The van der Waals surface area contributed by atoms with E-state index in [9.17, 15) is 5.11 Å². The summed E-state index contributed by atoms with van der Waals surface area (Å²) in [5, 5.41) is 12.8. The fourth-order valence-electron chi connectivity index (χ4n) is 2.76. The SMILES string of the molecule is CC1(CO)CC(C2CCSC2)CCN1. The highest BCUT2D eigenvalue weighted by Gasteiger charge is 2.35. The molecule has 2 N–H and O–H groups in total. The number of rotatable bonds is 2. The second kappa shape index (κ2) is 4.42. The second-order valence-electron chi connectivity index (χ2n) is 5.02. The van der Waals surface area contributed by atoms with Gasteiger partial charge in [0.25, 0.3) is 0 Å². The molecule has 82 valence electrons. The first-order valence-corrected chi connectivity index (χ1v) is 6.83. The van der Waals surface area contributed by atoms with Crippen LogP contribution in [0.5, 0.6) is 0 Å². The molecule has 2 rings (SSSR count). The lowest BCUT2D eigenvalue weighted by atomic mass is 9.76. The standard InChI is InChI=1S/C11H21NOS/c1-11(8-13)6-9(2-4-12-11)10-3-5-14-7-10/h9-10,12-13H,2-8H2,1H3. The molecule has 0 aromatic rings. The summed E-state index contributed by atoms with van der Waals surface area (Å²) in [4.78, 5) is 0. The molecule has 2 aliphatic rings. The maximum Gasteiger partial charge on any atom is 0.0610 e. The van der Waals surface area contributed by atoms with Crippen LogP contribution < -0.4 is 5.32 Å². The van der Waals surface area contributed by atoms with Gasteiger partial charge in [-0.15, -0.1) is 0 Å². The van der Waals surface area contributed by atoms with E-state index in [1.54, 1.807) is 0 Å². The summed E-state index contributed by atoms with van der Waals surface area (Å²) in [5.41, 5.74) is -0.00380. The third-order valence-corrected chi connectivity index (χ3v) is 4.95. The van der Waals surface area contributed by atoms with Crippen LogP contribution in [0.15, 0.2) is 0 Å². The van der Waals surface area contributed by atoms with Gasteiger partial charge in [0.15, 0.2) is 0 Å². The Morgan fingerprint density at radius 3 is 2.93 bits per heavy atom. The van der Waals surface area contributed by atoms with Crippen LogP contribution in [0.25, 0.3) is 0 Å². The lowest BCUT2D eigenvalue weighted by Crippen LogP contribution is -2.52. The summed E-state index contributed by atoms with van der Waals surface area (Å²) in [5.74, 6) is 4.48.